The van der Waals surface area contributed by atoms with Crippen LogP contribution in [0.2, 0.25) is 5.02 Å². The van der Waals surface area contributed by atoms with E-state index >= 15 is 0 Å². The monoisotopic (exact) mass is 282 g/mol. The Morgan fingerprint density at radius 2 is 2.21 bits per heavy atom. The van der Waals surface area contributed by atoms with Crippen molar-refractivity contribution in [1.29, 1.82) is 0 Å². The SMILES string of the molecule is NNC(Cc1cc(F)ccc1Cl)C1CC2CCC1C2. The summed E-state index contributed by atoms with van der Waals surface area (Å²) in [7, 11) is 0. The van der Waals surface area contributed by atoms with E-state index in [9.17, 15) is 4.39 Å². The molecule has 0 aliphatic heterocycles. The van der Waals surface area contributed by atoms with E-state index in [0.717, 1.165) is 17.4 Å². The number of nitrogens with one attached hydrogen (secondary N) is 1. The predicted octanol–water partition coefficient (Wildman–Crippen LogP) is 3.29. The Morgan fingerprint density at radius 1 is 1.37 bits per heavy atom. The molecule has 4 heteroatoms. The lowest BCUT2D eigenvalue weighted by atomic mass is 9.81. The molecule has 2 aliphatic rings. The maximum absolute atomic E-state index is 13.3. The van der Waals surface area contributed by atoms with E-state index in [1.807, 2.05) is 0 Å². The van der Waals surface area contributed by atoms with Crippen LogP contribution in [0.4, 0.5) is 4.39 Å². The molecule has 2 nitrogen and oxygen atoms in total. The number of hydrogen-bond acceptors (Lipinski definition) is 2. The molecule has 0 saturated heterocycles. The highest BCUT2D eigenvalue weighted by molar-refractivity contribution is 6.31. The fourth-order valence-electron chi connectivity index (χ4n) is 4.06. The van der Waals surface area contributed by atoms with Crippen LogP contribution in [0.15, 0.2) is 18.2 Å². The highest BCUT2D eigenvalue weighted by atomic mass is 35.5. The van der Waals surface area contributed by atoms with Gasteiger partial charge >= 0.3 is 0 Å². The summed E-state index contributed by atoms with van der Waals surface area (Å²) in [5.74, 6) is 7.79. The normalized spacial score (nSPS) is 30.8. The van der Waals surface area contributed by atoms with Crippen LogP contribution in [0.3, 0.4) is 0 Å². The molecule has 19 heavy (non-hydrogen) atoms. The van der Waals surface area contributed by atoms with Crippen LogP contribution >= 0.6 is 11.6 Å². The summed E-state index contributed by atoms with van der Waals surface area (Å²) >= 11 is 6.15. The average molecular weight is 283 g/mol. The Morgan fingerprint density at radius 3 is 2.84 bits per heavy atom. The topological polar surface area (TPSA) is 38.0 Å². The number of rotatable bonds is 4. The first-order chi connectivity index (χ1) is 9.17. The molecule has 1 aromatic rings. The Bertz CT molecular complexity index is 465. The summed E-state index contributed by atoms with van der Waals surface area (Å²) in [5, 5.41) is 0.629. The van der Waals surface area contributed by atoms with E-state index in [-0.39, 0.29) is 11.9 Å². The number of halogens is 2. The van der Waals surface area contributed by atoms with Crippen LogP contribution in [0, 0.1) is 23.6 Å². The second kappa shape index (κ2) is 5.39. The van der Waals surface area contributed by atoms with Gasteiger partial charge in [0.05, 0.1) is 0 Å². The molecule has 104 valence electrons. The smallest absolute Gasteiger partial charge is 0.123 e. The van der Waals surface area contributed by atoms with E-state index in [1.165, 1.54) is 37.8 Å². The summed E-state index contributed by atoms with van der Waals surface area (Å²) in [6.07, 6.45) is 6.01. The molecule has 2 bridgehead atoms. The Hall–Kier alpha value is -0.640. The molecule has 2 saturated carbocycles. The van der Waals surface area contributed by atoms with Crippen molar-refractivity contribution in [2.45, 2.75) is 38.1 Å². The number of benzene rings is 1. The number of nitrogens with two attached hydrogens (primary N) is 1. The summed E-state index contributed by atoms with van der Waals surface area (Å²) in [6.45, 7) is 0. The van der Waals surface area contributed by atoms with Crippen molar-refractivity contribution in [1.82, 2.24) is 5.43 Å². The molecule has 2 aliphatic carbocycles. The first kappa shape index (κ1) is 13.3. The lowest BCUT2D eigenvalue weighted by Crippen LogP contribution is -2.44. The Labute approximate surface area is 118 Å². The van der Waals surface area contributed by atoms with Crippen LogP contribution < -0.4 is 11.3 Å². The Kier molecular flexibility index (Phi) is 3.79. The summed E-state index contributed by atoms with van der Waals surface area (Å²) in [4.78, 5) is 0. The van der Waals surface area contributed by atoms with Crippen molar-refractivity contribution in [3.8, 4) is 0 Å². The number of hydrogen-bond donors (Lipinski definition) is 2. The second-order valence-electron chi connectivity index (χ2n) is 6.05. The quantitative estimate of drug-likeness (QED) is 0.657. The van der Waals surface area contributed by atoms with Gasteiger partial charge in [-0.2, -0.15) is 0 Å². The fraction of sp³-hybridized carbons (Fsp3) is 0.600. The minimum atomic E-state index is -0.233. The molecular weight excluding hydrogens is 263 g/mol. The van der Waals surface area contributed by atoms with Crippen LogP contribution in [0.25, 0.3) is 0 Å². The zero-order chi connectivity index (χ0) is 13.4. The van der Waals surface area contributed by atoms with Gasteiger partial charge in [-0.05, 0) is 67.2 Å². The van der Waals surface area contributed by atoms with E-state index < -0.39 is 0 Å². The van der Waals surface area contributed by atoms with Gasteiger partial charge in [-0.1, -0.05) is 18.0 Å². The molecular formula is C15H20ClFN2. The first-order valence-electron chi connectivity index (χ1n) is 7.07. The van der Waals surface area contributed by atoms with Gasteiger partial charge in [0.25, 0.3) is 0 Å². The van der Waals surface area contributed by atoms with Crippen LogP contribution in [0.5, 0.6) is 0 Å². The predicted molar refractivity (Wildman–Crippen MR) is 75.2 cm³/mol. The molecule has 3 rings (SSSR count). The molecule has 3 N–H and O–H groups in total. The van der Waals surface area contributed by atoms with E-state index in [0.29, 0.717) is 17.4 Å². The van der Waals surface area contributed by atoms with Gasteiger partial charge in [-0.15, -0.1) is 0 Å². The van der Waals surface area contributed by atoms with Crippen molar-refractivity contribution in [2.75, 3.05) is 0 Å². The minimum Gasteiger partial charge on any atom is -0.271 e. The van der Waals surface area contributed by atoms with Gasteiger partial charge in [0, 0.05) is 11.1 Å². The van der Waals surface area contributed by atoms with Crippen molar-refractivity contribution in [3.63, 3.8) is 0 Å². The zero-order valence-electron chi connectivity index (χ0n) is 10.9. The summed E-state index contributed by atoms with van der Waals surface area (Å²) in [5.41, 5.74) is 3.80. The molecule has 2 fully saturated rings. The summed E-state index contributed by atoms with van der Waals surface area (Å²) in [6, 6.07) is 4.75. The molecule has 0 spiro atoms. The van der Waals surface area contributed by atoms with Gasteiger partial charge in [0.2, 0.25) is 0 Å². The van der Waals surface area contributed by atoms with Gasteiger partial charge < -0.3 is 0 Å². The maximum atomic E-state index is 13.3. The third-order valence-corrected chi connectivity index (χ3v) is 5.34. The third-order valence-electron chi connectivity index (χ3n) is 4.97. The van der Waals surface area contributed by atoms with Crippen molar-refractivity contribution < 1.29 is 4.39 Å². The van der Waals surface area contributed by atoms with Crippen molar-refractivity contribution in [3.05, 3.63) is 34.6 Å². The highest BCUT2D eigenvalue weighted by Crippen LogP contribution is 2.49. The largest absolute Gasteiger partial charge is 0.271 e. The van der Waals surface area contributed by atoms with Crippen molar-refractivity contribution >= 4 is 11.6 Å². The lowest BCUT2D eigenvalue weighted by Gasteiger charge is -2.30. The van der Waals surface area contributed by atoms with Gasteiger partial charge in [0.15, 0.2) is 0 Å². The van der Waals surface area contributed by atoms with E-state index in [2.05, 4.69) is 5.43 Å². The Balaban J connectivity index is 1.74. The van der Waals surface area contributed by atoms with Crippen LogP contribution in [-0.2, 0) is 6.42 Å². The number of hydrazine groups is 1. The molecule has 4 atom stereocenters. The maximum Gasteiger partial charge on any atom is 0.123 e. The molecule has 1 aromatic carbocycles. The van der Waals surface area contributed by atoms with Crippen molar-refractivity contribution in [2.24, 2.45) is 23.6 Å². The van der Waals surface area contributed by atoms with Gasteiger partial charge in [0.1, 0.15) is 5.82 Å². The van der Waals surface area contributed by atoms with Crippen LogP contribution in [0.1, 0.15) is 31.2 Å². The third kappa shape index (κ3) is 2.64. The second-order valence-corrected chi connectivity index (χ2v) is 6.46. The van der Waals surface area contributed by atoms with E-state index in [1.54, 1.807) is 6.07 Å². The highest BCUT2D eigenvalue weighted by Gasteiger charge is 2.42. The molecule has 0 heterocycles. The zero-order valence-corrected chi connectivity index (χ0v) is 11.7. The van der Waals surface area contributed by atoms with E-state index in [4.69, 9.17) is 17.4 Å². The fourth-order valence-corrected chi connectivity index (χ4v) is 4.25. The molecule has 0 aromatic heterocycles. The molecule has 4 unspecified atom stereocenters. The average Bonchev–Trinajstić information content (AvgIpc) is 3.02. The first-order valence-corrected chi connectivity index (χ1v) is 7.45. The minimum absolute atomic E-state index is 0.203. The van der Waals surface area contributed by atoms with Crippen LogP contribution in [-0.4, -0.2) is 6.04 Å². The van der Waals surface area contributed by atoms with Gasteiger partial charge in [-0.3, -0.25) is 11.3 Å². The molecule has 0 amide bonds. The number of fused-ring (bicyclic) bond motifs is 2. The van der Waals surface area contributed by atoms with Gasteiger partial charge in [-0.25, -0.2) is 4.39 Å². The molecule has 0 radical (unpaired) electrons. The lowest BCUT2D eigenvalue weighted by molar-refractivity contribution is 0.248. The standard InChI is InChI=1S/C15H20ClFN2/c16-14-4-3-12(17)7-11(14)8-15(19-18)13-6-9-1-2-10(13)5-9/h3-4,7,9-10,13,15,19H,1-2,5-6,8,18H2. The summed E-state index contributed by atoms with van der Waals surface area (Å²) < 4.78 is 13.3.